The van der Waals surface area contributed by atoms with Gasteiger partial charge in [-0.05, 0) is 55.2 Å². The maximum absolute atomic E-state index is 13.3. The third kappa shape index (κ3) is 6.50. The number of para-hydroxylation sites is 1. The van der Waals surface area contributed by atoms with Crippen LogP contribution in [0.1, 0.15) is 41.6 Å². The van der Waals surface area contributed by atoms with Gasteiger partial charge in [0.05, 0.1) is 16.8 Å². The first kappa shape index (κ1) is 25.0. The molecule has 1 heterocycles. The van der Waals surface area contributed by atoms with Crippen molar-refractivity contribution in [2.24, 2.45) is 17.6 Å². The van der Waals surface area contributed by atoms with Gasteiger partial charge in [0.2, 0.25) is 0 Å². The normalized spacial score (nSPS) is 17.3. The third-order valence-corrected chi connectivity index (χ3v) is 6.74. The van der Waals surface area contributed by atoms with Gasteiger partial charge in [0, 0.05) is 30.6 Å². The van der Waals surface area contributed by atoms with Crippen LogP contribution >= 0.6 is 0 Å². The van der Waals surface area contributed by atoms with Gasteiger partial charge in [0.25, 0.3) is 5.91 Å². The first-order chi connectivity index (χ1) is 17.4. The van der Waals surface area contributed by atoms with Gasteiger partial charge in [-0.2, -0.15) is 0 Å². The molecule has 9 heteroatoms. The van der Waals surface area contributed by atoms with E-state index in [-0.39, 0.29) is 5.91 Å². The van der Waals surface area contributed by atoms with E-state index in [4.69, 9.17) is 15.8 Å². The second-order valence-corrected chi connectivity index (χ2v) is 9.27. The van der Waals surface area contributed by atoms with Gasteiger partial charge in [0.1, 0.15) is 0 Å². The van der Waals surface area contributed by atoms with Crippen molar-refractivity contribution >= 4 is 28.9 Å². The minimum absolute atomic E-state index is 0.133. The quantitative estimate of drug-likeness (QED) is 0.326. The lowest BCUT2D eigenvalue weighted by molar-refractivity contribution is 0.0942. The highest BCUT2D eigenvalue weighted by atomic mass is 16.4. The lowest BCUT2D eigenvalue weighted by Gasteiger charge is -2.28. The van der Waals surface area contributed by atoms with Crippen LogP contribution in [0.25, 0.3) is 22.2 Å². The van der Waals surface area contributed by atoms with Crippen molar-refractivity contribution in [2.45, 2.75) is 32.2 Å². The molecule has 0 unspecified atom stereocenters. The van der Waals surface area contributed by atoms with Crippen LogP contribution in [-0.2, 0) is 6.54 Å². The number of carboxylic acid groups (broad SMARTS) is 1. The lowest BCUT2D eigenvalue weighted by Crippen LogP contribution is -2.34. The molecule has 0 saturated heterocycles. The molecule has 3 aromatic rings. The summed E-state index contributed by atoms with van der Waals surface area (Å²) in [6.07, 6.45) is 2.85. The molecular weight excluding hydrogens is 458 g/mol. The summed E-state index contributed by atoms with van der Waals surface area (Å²) in [6.45, 7) is 1.42. The number of urea groups is 1. The number of aromatic nitrogens is 1. The molecule has 0 atom stereocenters. The van der Waals surface area contributed by atoms with Gasteiger partial charge in [-0.25, -0.2) is 14.6 Å². The smallest absolute Gasteiger partial charge is 0.404 e. The van der Waals surface area contributed by atoms with Gasteiger partial charge in [-0.15, -0.1) is 0 Å². The zero-order valence-electron chi connectivity index (χ0n) is 20.0. The van der Waals surface area contributed by atoms with Gasteiger partial charge in [-0.3, -0.25) is 4.79 Å². The summed E-state index contributed by atoms with van der Waals surface area (Å²) in [4.78, 5) is 39.7. The Hall–Kier alpha value is -4.14. The number of rotatable bonds is 8. The number of nitrogens with one attached hydrogen (secondary N) is 3. The molecular formula is C27H31N5O4. The third-order valence-electron chi connectivity index (χ3n) is 6.74. The number of hydrogen-bond donors (Lipinski definition) is 5. The highest BCUT2D eigenvalue weighted by Gasteiger charge is 2.22. The largest absolute Gasteiger partial charge is 0.465 e. The number of amides is 4. The van der Waals surface area contributed by atoms with Crippen LogP contribution in [0.15, 0.2) is 54.6 Å². The number of carbonyl (C=O) groups excluding carboxylic acids is 2. The maximum Gasteiger partial charge on any atom is 0.404 e. The van der Waals surface area contributed by atoms with Crippen molar-refractivity contribution in [2.75, 3.05) is 13.1 Å². The molecule has 1 aromatic heterocycles. The van der Waals surface area contributed by atoms with Crippen molar-refractivity contribution in [3.8, 4) is 11.3 Å². The second-order valence-electron chi connectivity index (χ2n) is 9.27. The Morgan fingerprint density at radius 3 is 2.17 bits per heavy atom. The Bertz CT molecular complexity index is 1240. The molecule has 0 aliphatic heterocycles. The summed E-state index contributed by atoms with van der Waals surface area (Å²) in [6, 6.07) is 16.5. The zero-order valence-corrected chi connectivity index (χ0v) is 20.0. The molecule has 6 N–H and O–H groups in total. The summed E-state index contributed by atoms with van der Waals surface area (Å²) >= 11 is 0. The number of benzene rings is 2. The number of nitrogens with zero attached hydrogens (tertiary/aromatic N) is 1. The molecule has 4 rings (SSSR count). The number of primary amides is 1. The Morgan fingerprint density at radius 2 is 1.53 bits per heavy atom. The van der Waals surface area contributed by atoms with E-state index in [1.165, 1.54) is 0 Å². The standard InChI is InChI=1S/C27H31N5O4/c28-26(34)30-15-19-9-11-20(12-10-19)24-13-22(21-3-1-2-4-23(21)32-24)25(33)29-14-17-5-7-18(8-6-17)16-31-27(35)36/h1-4,9-13,17-18,31H,5-8,14-16H2,(H,29,33)(H,35,36)(H3,28,30,34)/t17-,18-. The summed E-state index contributed by atoms with van der Waals surface area (Å²) in [7, 11) is 0. The average Bonchev–Trinajstić information content (AvgIpc) is 2.89. The van der Waals surface area contributed by atoms with Crippen molar-refractivity contribution in [3.05, 3.63) is 65.7 Å². The second kappa shape index (κ2) is 11.5. The minimum atomic E-state index is -0.982. The number of carbonyl (C=O) groups is 3. The molecule has 188 valence electrons. The maximum atomic E-state index is 13.3. The van der Waals surface area contributed by atoms with Crippen LogP contribution in [0.2, 0.25) is 0 Å². The predicted molar refractivity (Wildman–Crippen MR) is 137 cm³/mol. The van der Waals surface area contributed by atoms with Crippen molar-refractivity contribution in [1.82, 2.24) is 20.9 Å². The van der Waals surface area contributed by atoms with Crippen LogP contribution in [0, 0.1) is 11.8 Å². The first-order valence-electron chi connectivity index (χ1n) is 12.2. The SMILES string of the molecule is NC(=O)NCc1ccc(-c2cc(C(=O)NC[C@H]3CC[C@H](CNC(=O)O)CC3)c3ccccc3n2)cc1. The van der Waals surface area contributed by atoms with Gasteiger partial charge in [0.15, 0.2) is 0 Å². The molecule has 1 aliphatic carbocycles. The molecule has 0 radical (unpaired) electrons. The highest BCUT2D eigenvalue weighted by Crippen LogP contribution is 2.29. The molecule has 1 aliphatic rings. The fraction of sp³-hybridized carbons (Fsp3) is 0.333. The van der Waals surface area contributed by atoms with Crippen LogP contribution < -0.4 is 21.7 Å². The Balaban J connectivity index is 1.44. The monoisotopic (exact) mass is 489 g/mol. The molecule has 1 fully saturated rings. The molecule has 0 bridgehead atoms. The molecule has 4 amide bonds. The Morgan fingerprint density at radius 1 is 0.889 bits per heavy atom. The first-order valence-corrected chi connectivity index (χ1v) is 12.2. The number of fused-ring (bicyclic) bond motifs is 1. The van der Waals surface area contributed by atoms with Crippen LogP contribution in [0.4, 0.5) is 9.59 Å². The van der Waals surface area contributed by atoms with E-state index in [1.807, 2.05) is 54.6 Å². The molecule has 2 aromatic carbocycles. The van der Waals surface area contributed by atoms with Gasteiger partial charge in [-0.1, -0.05) is 42.5 Å². The molecule has 36 heavy (non-hydrogen) atoms. The fourth-order valence-electron chi connectivity index (χ4n) is 4.70. The number of hydrogen-bond acceptors (Lipinski definition) is 4. The van der Waals surface area contributed by atoms with E-state index in [0.29, 0.717) is 42.7 Å². The molecule has 0 spiro atoms. The average molecular weight is 490 g/mol. The summed E-state index contributed by atoms with van der Waals surface area (Å²) in [5.41, 5.74) is 8.93. The number of pyridine rings is 1. The van der Waals surface area contributed by atoms with E-state index in [9.17, 15) is 14.4 Å². The fourth-order valence-corrected chi connectivity index (χ4v) is 4.70. The van der Waals surface area contributed by atoms with Gasteiger partial charge >= 0.3 is 12.1 Å². The van der Waals surface area contributed by atoms with Crippen molar-refractivity contribution in [1.29, 1.82) is 0 Å². The summed E-state index contributed by atoms with van der Waals surface area (Å²) < 4.78 is 0. The van der Waals surface area contributed by atoms with E-state index >= 15 is 0 Å². The van der Waals surface area contributed by atoms with E-state index < -0.39 is 12.1 Å². The van der Waals surface area contributed by atoms with Crippen molar-refractivity contribution < 1.29 is 19.5 Å². The van der Waals surface area contributed by atoms with Gasteiger partial charge < -0.3 is 26.8 Å². The topological polar surface area (TPSA) is 146 Å². The Kier molecular flexibility index (Phi) is 7.99. The summed E-state index contributed by atoms with van der Waals surface area (Å²) in [5, 5.41) is 17.7. The van der Waals surface area contributed by atoms with Crippen LogP contribution in [0.5, 0.6) is 0 Å². The van der Waals surface area contributed by atoms with E-state index in [1.54, 1.807) is 0 Å². The van der Waals surface area contributed by atoms with Crippen LogP contribution in [-0.4, -0.2) is 41.2 Å². The zero-order chi connectivity index (χ0) is 25.5. The highest BCUT2D eigenvalue weighted by molar-refractivity contribution is 6.07. The molecule has 1 saturated carbocycles. The van der Waals surface area contributed by atoms with E-state index in [0.717, 1.165) is 47.7 Å². The van der Waals surface area contributed by atoms with Crippen LogP contribution in [0.3, 0.4) is 0 Å². The molecule has 9 nitrogen and oxygen atoms in total. The number of nitrogens with two attached hydrogens (primary N) is 1. The minimum Gasteiger partial charge on any atom is -0.465 e. The Labute approximate surface area is 209 Å². The van der Waals surface area contributed by atoms with E-state index in [2.05, 4.69) is 16.0 Å². The lowest BCUT2D eigenvalue weighted by atomic mass is 9.82. The summed E-state index contributed by atoms with van der Waals surface area (Å²) in [5.74, 6) is 0.605. The predicted octanol–water partition coefficient (Wildman–Crippen LogP) is 3.87. The van der Waals surface area contributed by atoms with Crippen molar-refractivity contribution in [3.63, 3.8) is 0 Å².